The standard InChI is InChI=1S/C12H15N5O4S/c1-21-11-3-2-9-14-15-10(17(9)16-11)6-13-12(18)8-4-5-22(19,20)7-8/h2-3,8H,4-7H2,1H3,(H,13,18). The zero-order chi connectivity index (χ0) is 15.7. The Bertz CT molecular complexity index is 816. The minimum absolute atomic E-state index is 0.0672. The number of hydrogen-bond donors (Lipinski definition) is 1. The van der Waals surface area contributed by atoms with Gasteiger partial charge in [-0.3, -0.25) is 4.79 Å². The Hall–Kier alpha value is -2.23. The van der Waals surface area contributed by atoms with Gasteiger partial charge in [0.2, 0.25) is 11.8 Å². The third kappa shape index (κ3) is 2.86. The van der Waals surface area contributed by atoms with Gasteiger partial charge in [0.05, 0.1) is 31.1 Å². The molecule has 1 unspecified atom stereocenters. The van der Waals surface area contributed by atoms with Crippen LogP contribution in [0.2, 0.25) is 0 Å². The Morgan fingerprint density at radius 1 is 1.45 bits per heavy atom. The fourth-order valence-corrected chi connectivity index (χ4v) is 4.09. The van der Waals surface area contributed by atoms with Crippen LogP contribution in [0.3, 0.4) is 0 Å². The van der Waals surface area contributed by atoms with Gasteiger partial charge in [-0.1, -0.05) is 0 Å². The summed E-state index contributed by atoms with van der Waals surface area (Å²) in [5, 5.41) is 14.8. The molecule has 1 fully saturated rings. The van der Waals surface area contributed by atoms with Gasteiger partial charge in [-0.05, 0) is 12.5 Å². The molecule has 1 amide bonds. The summed E-state index contributed by atoms with van der Waals surface area (Å²) in [5.41, 5.74) is 0.536. The molecule has 3 rings (SSSR count). The minimum Gasteiger partial charge on any atom is -0.480 e. The largest absolute Gasteiger partial charge is 0.480 e. The van der Waals surface area contributed by atoms with E-state index < -0.39 is 15.8 Å². The van der Waals surface area contributed by atoms with Crippen molar-refractivity contribution in [3.05, 3.63) is 18.0 Å². The maximum absolute atomic E-state index is 12.0. The number of carbonyl (C=O) groups is 1. The fourth-order valence-electron chi connectivity index (χ4n) is 2.35. The third-order valence-corrected chi connectivity index (χ3v) is 5.30. The summed E-state index contributed by atoms with van der Waals surface area (Å²) >= 11 is 0. The van der Waals surface area contributed by atoms with Gasteiger partial charge in [0.1, 0.15) is 0 Å². The van der Waals surface area contributed by atoms with Gasteiger partial charge in [-0.25, -0.2) is 8.42 Å². The lowest BCUT2D eigenvalue weighted by Gasteiger charge is -2.08. The van der Waals surface area contributed by atoms with Crippen LogP contribution in [0.5, 0.6) is 5.88 Å². The number of nitrogens with zero attached hydrogens (tertiary/aromatic N) is 4. The summed E-state index contributed by atoms with van der Waals surface area (Å²) in [6.07, 6.45) is 0.362. The first-order chi connectivity index (χ1) is 10.5. The number of fused-ring (bicyclic) bond motifs is 1. The van der Waals surface area contributed by atoms with Gasteiger partial charge in [-0.15, -0.1) is 15.3 Å². The van der Waals surface area contributed by atoms with Crippen LogP contribution in [-0.2, 0) is 21.2 Å². The molecule has 2 aromatic rings. The molecular weight excluding hydrogens is 310 g/mol. The number of amides is 1. The average molecular weight is 325 g/mol. The number of aromatic nitrogens is 4. The molecule has 0 radical (unpaired) electrons. The zero-order valence-corrected chi connectivity index (χ0v) is 12.7. The maximum atomic E-state index is 12.0. The SMILES string of the molecule is COc1ccc2nnc(CNC(=O)C3CCS(=O)(=O)C3)n2n1. The highest BCUT2D eigenvalue weighted by Crippen LogP contribution is 2.18. The van der Waals surface area contributed by atoms with E-state index in [1.165, 1.54) is 11.6 Å². The third-order valence-electron chi connectivity index (χ3n) is 3.54. The molecule has 10 heteroatoms. The number of rotatable bonds is 4. The van der Waals surface area contributed by atoms with Crippen molar-refractivity contribution in [2.24, 2.45) is 5.92 Å². The Kier molecular flexibility index (Phi) is 3.69. The number of nitrogens with one attached hydrogen (secondary N) is 1. The molecule has 1 atom stereocenters. The summed E-state index contributed by atoms with van der Waals surface area (Å²) in [4.78, 5) is 12.0. The molecular formula is C12H15N5O4S. The van der Waals surface area contributed by atoms with Crippen LogP contribution < -0.4 is 10.1 Å². The van der Waals surface area contributed by atoms with Gasteiger partial charge in [0.15, 0.2) is 21.3 Å². The van der Waals surface area contributed by atoms with Gasteiger partial charge in [0, 0.05) is 6.07 Å². The Labute approximate surface area is 126 Å². The molecule has 118 valence electrons. The van der Waals surface area contributed by atoms with E-state index in [9.17, 15) is 13.2 Å². The van der Waals surface area contributed by atoms with Crippen LogP contribution in [0.25, 0.3) is 5.65 Å². The van der Waals surface area contributed by atoms with Gasteiger partial charge in [-0.2, -0.15) is 4.52 Å². The summed E-state index contributed by atoms with van der Waals surface area (Å²) in [5.74, 6) is 0.0423. The van der Waals surface area contributed by atoms with Crippen LogP contribution in [0.1, 0.15) is 12.2 Å². The first-order valence-corrected chi connectivity index (χ1v) is 8.54. The topological polar surface area (TPSA) is 116 Å². The van der Waals surface area contributed by atoms with Crippen LogP contribution in [0.15, 0.2) is 12.1 Å². The van der Waals surface area contributed by atoms with Gasteiger partial charge < -0.3 is 10.1 Å². The van der Waals surface area contributed by atoms with Crippen molar-refractivity contribution in [1.29, 1.82) is 0 Å². The second kappa shape index (κ2) is 5.52. The van der Waals surface area contributed by atoms with Crippen molar-refractivity contribution in [1.82, 2.24) is 25.1 Å². The first-order valence-electron chi connectivity index (χ1n) is 6.72. The van der Waals surface area contributed by atoms with E-state index in [-0.39, 0.29) is 24.0 Å². The van der Waals surface area contributed by atoms with Gasteiger partial charge >= 0.3 is 0 Å². The van der Waals surface area contributed by atoms with Crippen LogP contribution in [0.4, 0.5) is 0 Å². The molecule has 1 aliphatic rings. The van der Waals surface area contributed by atoms with Crippen molar-refractivity contribution in [2.75, 3.05) is 18.6 Å². The minimum atomic E-state index is -3.08. The molecule has 0 bridgehead atoms. The quantitative estimate of drug-likeness (QED) is 0.781. The predicted octanol–water partition coefficient (Wildman–Crippen LogP) is -0.816. The highest BCUT2D eigenvalue weighted by molar-refractivity contribution is 7.91. The van der Waals surface area contributed by atoms with Gasteiger partial charge in [0.25, 0.3) is 0 Å². The lowest BCUT2D eigenvalue weighted by atomic mass is 10.1. The molecule has 0 aromatic carbocycles. The van der Waals surface area contributed by atoms with E-state index in [0.29, 0.717) is 23.8 Å². The number of ether oxygens (including phenoxy) is 1. The van der Waals surface area contributed by atoms with E-state index in [1.807, 2.05) is 0 Å². The van der Waals surface area contributed by atoms with Crippen LogP contribution in [0, 0.1) is 5.92 Å². The predicted molar refractivity (Wildman–Crippen MR) is 75.9 cm³/mol. The number of methoxy groups -OCH3 is 1. The first kappa shape index (κ1) is 14.7. The zero-order valence-electron chi connectivity index (χ0n) is 11.9. The van der Waals surface area contributed by atoms with E-state index in [4.69, 9.17) is 4.74 Å². The summed E-state index contributed by atoms with van der Waals surface area (Å²) in [6, 6.07) is 3.36. The Morgan fingerprint density at radius 2 is 2.27 bits per heavy atom. The fraction of sp³-hybridized carbons (Fsp3) is 0.500. The molecule has 1 saturated heterocycles. The second-order valence-electron chi connectivity index (χ2n) is 5.08. The highest BCUT2D eigenvalue weighted by atomic mass is 32.2. The van der Waals surface area contributed by atoms with E-state index in [1.54, 1.807) is 12.1 Å². The molecule has 3 heterocycles. The summed E-state index contributed by atoms with van der Waals surface area (Å²) in [6.45, 7) is 0.122. The number of hydrogen-bond acceptors (Lipinski definition) is 7. The molecule has 1 aliphatic heterocycles. The average Bonchev–Trinajstić information content (AvgIpc) is 3.07. The smallest absolute Gasteiger partial charge is 0.231 e. The number of sulfone groups is 1. The lowest BCUT2D eigenvalue weighted by Crippen LogP contribution is -2.31. The van der Waals surface area contributed by atoms with E-state index in [2.05, 4.69) is 20.6 Å². The Balaban J connectivity index is 1.70. The molecule has 0 saturated carbocycles. The van der Waals surface area contributed by atoms with Crippen LogP contribution >= 0.6 is 0 Å². The molecule has 1 N–H and O–H groups in total. The number of carbonyl (C=O) groups excluding carboxylic acids is 1. The van der Waals surface area contributed by atoms with Crippen LogP contribution in [-0.4, -0.2) is 52.8 Å². The molecule has 2 aromatic heterocycles. The Morgan fingerprint density at radius 3 is 2.95 bits per heavy atom. The monoisotopic (exact) mass is 325 g/mol. The molecule has 0 aliphatic carbocycles. The maximum Gasteiger partial charge on any atom is 0.231 e. The normalized spacial score (nSPS) is 20.1. The van der Waals surface area contributed by atoms with Crippen molar-refractivity contribution in [3.8, 4) is 5.88 Å². The van der Waals surface area contributed by atoms with Crippen molar-refractivity contribution >= 4 is 21.4 Å². The second-order valence-corrected chi connectivity index (χ2v) is 7.31. The van der Waals surface area contributed by atoms with E-state index in [0.717, 1.165) is 0 Å². The molecule has 22 heavy (non-hydrogen) atoms. The summed E-state index contributed by atoms with van der Waals surface area (Å²) < 4.78 is 29.3. The van der Waals surface area contributed by atoms with Crippen molar-refractivity contribution < 1.29 is 17.9 Å². The lowest BCUT2D eigenvalue weighted by molar-refractivity contribution is -0.124. The highest BCUT2D eigenvalue weighted by Gasteiger charge is 2.32. The molecule has 0 spiro atoms. The van der Waals surface area contributed by atoms with Crippen molar-refractivity contribution in [3.63, 3.8) is 0 Å². The van der Waals surface area contributed by atoms with E-state index >= 15 is 0 Å². The summed E-state index contributed by atoms with van der Waals surface area (Å²) in [7, 11) is -1.58. The van der Waals surface area contributed by atoms with Crippen molar-refractivity contribution in [2.45, 2.75) is 13.0 Å². The molecule has 9 nitrogen and oxygen atoms in total.